The van der Waals surface area contributed by atoms with Crippen molar-refractivity contribution in [2.24, 2.45) is 16.7 Å². The SMILES string of the molecule is CC(C)=CC1C(C)(C)C1(C)C(=O)O.O=C1NC(=O)C2=C1CCCC2. The normalized spacial score (nSPS) is 30.0. The lowest BCUT2D eigenvalue weighted by Crippen LogP contribution is -2.22. The van der Waals surface area contributed by atoms with E-state index in [1.807, 2.05) is 34.6 Å². The van der Waals surface area contributed by atoms with E-state index in [0.29, 0.717) is 0 Å². The highest BCUT2D eigenvalue weighted by Crippen LogP contribution is 2.69. The fourth-order valence-electron chi connectivity index (χ4n) is 3.80. The Hall–Kier alpha value is -1.91. The minimum absolute atomic E-state index is 0.101. The van der Waals surface area contributed by atoms with Gasteiger partial charge in [-0.3, -0.25) is 19.7 Å². The summed E-state index contributed by atoms with van der Waals surface area (Å²) in [4.78, 5) is 33.1. The number of allylic oxidation sites excluding steroid dienone is 2. The summed E-state index contributed by atoms with van der Waals surface area (Å²) in [5.41, 5.74) is 2.01. The third-order valence-corrected chi connectivity index (χ3v) is 5.84. The molecule has 5 nitrogen and oxygen atoms in total. The van der Waals surface area contributed by atoms with Crippen LogP contribution in [0.1, 0.15) is 60.3 Å². The zero-order valence-corrected chi connectivity index (χ0v) is 15.2. The van der Waals surface area contributed by atoms with Gasteiger partial charge in [0.05, 0.1) is 5.41 Å². The summed E-state index contributed by atoms with van der Waals surface area (Å²) in [5.74, 6) is -0.822. The fourth-order valence-corrected chi connectivity index (χ4v) is 3.80. The fraction of sp³-hybridized carbons (Fsp3) is 0.632. The van der Waals surface area contributed by atoms with Crippen LogP contribution in [0.25, 0.3) is 0 Å². The number of aliphatic carboxylic acids is 1. The quantitative estimate of drug-likeness (QED) is 0.600. The topological polar surface area (TPSA) is 83.5 Å². The minimum atomic E-state index is -0.681. The zero-order valence-electron chi connectivity index (χ0n) is 15.2. The summed E-state index contributed by atoms with van der Waals surface area (Å²) in [6.07, 6.45) is 5.73. The Balaban J connectivity index is 0.000000175. The Morgan fingerprint density at radius 3 is 1.88 bits per heavy atom. The molecule has 1 fully saturated rings. The molecular formula is C19H27NO4. The van der Waals surface area contributed by atoms with Gasteiger partial charge in [0.25, 0.3) is 11.8 Å². The molecular weight excluding hydrogens is 306 g/mol. The Morgan fingerprint density at radius 1 is 1.08 bits per heavy atom. The second-order valence-electron chi connectivity index (χ2n) is 7.90. The maximum atomic E-state index is 11.1. The first kappa shape index (κ1) is 18.4. The van der Waals surface area contributed by atoms with Crippen molar-refractivity contribution < 1.29 is 19.5 Å². The van der Waals surface area contributed by atoms with E-state index in [1.165, 1.54) is 5.57 Å². The summed E-state index contributed by atoms with van der Waals surface area (Å²) in [7, 11) is 0. The van der Waals surface area contributed by atoms with Crippen LogP contribution < -0.4 is 5.32 Å². The van der Waals surface area contributed by atoms with E-state index < -0.39 is 11.4 Å². The number of nitrogens with one attached hydrogen (secondary N) is 1. The number of carboxylic acids is 1. The van der Waals surface area contributed by atoms with Gasteiger partial charge in [-0.05, 0) is 57.8 Å². The largest absolute Gasteiger partial charge is 0.481 e. The molecule has 24 heavy (non-hydrogen) atoms. The molecule has 2 aliphatic carbocycles. The molecule has 2 amide bonds. The zero-order chi connectivity index (χ0) is 18.3. The van der Waals surface area contributed by atoms with Gasteiger partial charge in [0.2, 0.25) is 0 Å². The summed E-state index contributed by atoms with van der Waals surface area (Å²) in [6.45, 7) is 9.89. The Morgan fingerprint density at radius 2 is 1.54 bits per heavy atom. The molecule has 0 aromatic carbocycles. The van der Waals surface area contributed by atoms with Crippen LogP contribution in [0.3, 0.4) is 0 Å². The van der Waals surface area contributed by atoms with Crippen molar-refractivity contribution in [3.8, 4) is 0 Å². The lowest BCUT2D eigenvalue weighted by Gasteiger charge is -2.08. The van der Waals surface area contributed by atoms with E-state index in [-0.39, 0.29) is 23.1 Å². The molecule has 3 aliphatic rings. The second-order valence-corrected chi connectivity index (χ2v) is 7.90. The van der Waals surface area contributed by atoms with Gasteiger partial charge in [0.1, 0.15) is 0 Å². The smallest absolute Gasteiger partial charge is 0.310 e. The maximum Gasteiger partial charge on any atom is 0.310 e. The van der Waals surface area contributed by atoms with Crippen LogP contribution in [-0.2, 0) is 14.4 Å². The average molecular weight is 333 g/mol. The highest BCUT2D eigenvalue weighted by atomic mass is 16.4. The molecule has 2 N–H and O–H groups in total. The predicted octanol–water partition coefficient (Wildman–Crippen LogP) is 3.21. The molecule has 0 radical (unpaired) electrons. The molecule has 0 bridgehead atoms. The average Bonchev–Trinajstić information content (AvgIpc) is 2.78. The maximum absolute atomic E-state index is 11.1. The number of carboxylic acid groups (broad SMARTS) is 1. The van der Waals surface area contributed by atoms with Crippen molar-refractivity contribution in [2.75, 3.05) is 0 Å². The number of rotatable bonds is 2. The van der Waals surface area contributed by atoms with Crippen LogP contribution in [0.2, 0.25) is 0 Å². The molecule has 1 saturated carbocycles. The second kappa shape index (κ2) is 6.19. The van der Waals surface area contributed by atoms with Crippen LogP contribution in [-0.4, -0.2) is 22.9 Å². The van der Waals surface area contributed by atoms with Gasteiger partial charge in [-0.1, -0.05) is 25.5 Å². The molecule has 1 aliphatic heterocycles. The van der Waals surface area contributed by atoms with Crippen LogP contribution in [0, 0.1) is 16.7 Å². The van der Waals surface area contributed by atoms with Crippen molar-refractivity contribution in [3.63, 3.8) is 0 Å². The van der Waals surface area contributed by atoms with Crippen molar-refractivity contribution in [3.05, 3.63) is 22.8 Å². The van der Waals surface area contributed by atoms with Crippen molar-refractivity contribution in [1.82, 2.24) is 5.32 Å². The summed E-state index contributed by atoms with van der Waals surface area (Å²) in [5, 5.41) is 11.4. The van der Waals surface area contributed by atoms with Crippen molar-refractivity contribution in [2.45, 2.75) is 60.3 Å². The van der Waals surface area contributed by atoms with Gasteiger partial charge in [-0.25, -0.2) is 0 Å². The number of hydrogen-bond acceptors (Lipinski definition) is 3. The molecule has 0 aromatic rings. The Kier molecular flexibility index (Phi) is 4.75. The van der Waals surface area contributed by atoms with E-state index in [0.717, 1.165) is 36.8 Å². The first-order chi connectivity index (χ1) is 11.0. The first-order valence-corrected chi connectivity index (χ1v) is 8.49. The minimum Gasteiger partial charge on any atom is -0.481 e. The van der Waals surface area contributed by atoms with Crippen LogP contribution in [0.4, 0.5) is 0 Å². The number of carbonyl (C=O) groups excluding carboxylic acids is 2. The third-order valence-electron chi connectivity index (χ3n) is 5.84. The van der Waals surface area contributed by atoms with E-state index in [9.17, 15) is 14.4 Å². The van der Waals surface area contributed by atoms with Gasteiger partial charge in [-0.15, -0.1) is 0 Å². The number of amides is 2. The lowest BCUT2D eigenvalue weighted by molar-refractivity contribution is -0.144. The summed E-state index contributed by atoms with van der Waals surface area (Å²) < 4.78 is 0. The first-order valence-electron chi connectivity index (χ1n) is 8.49. The predicted molar refractivity (Wildman–Crippen MR) is 91.1 cm³/mol. The number of hydrogen-bond donors (Lipinski definition) is 2. The molecule has 2 unspecified atom stereocenters. The van der Waals surface area contributed by atoms with E-state index in [4.69, 9.17) is 5.11 Å². The number of carbonyl (C=O) groups is 3. The van der Waals surface area contributed by atoms with E-state index >= 15 is 0 Å². The van der Waals surface area contributed by atoms with Crippen LogP contribution >= 0.6 is 0 Å². The summed E-state index contributed by atoms with van der Waals surface area (Å²) in [6, 6.07) is 0. The monoisotopic (exact) mass is 333 g/mol. The van der Waals surface area contributed by atoms with Crippen molar-refractivity contribution >= 4 is 17.8 Å². The molecule has 0 spiro atoms. The molecule has 0 saturated heterocycles. The Bertz CT molecular complexity index is 626. The van der Waals surface area contributed by atoms with Crippen molar-refractivity contribution in [1.29, 1.82) is 0 Å². The van der Waals surface area contributed by atoms with E-state index in [1.54, 1.807) is 0 Å². The Labute approximate surface area is 143 Å². The number of imide groups is 1. The van der Waals surface area contributed by atoms with Crippen LogP contribution in [0.15, 0.2) is 22.8 Å². The third kappa shape index (κ3) is 2.92. The lowest BCUT2D eigenvalue weighted by atomic mass is 9.93. The van der Waals surface area contributed by atoms with E-state index in [2.05, 4.69) is 11.4 Å². The highest BCUT2D eigenvalue weighted by Gasteiger charge is 2.71. The molecule has 2 atom stereocenters. The summed E-state index contributed by atoms with van der Waals surface area (Å²) >= 11 is 0. The molecule has 0 aromatic heterocycles. The van der Waals surface area contributed by atoms with Gasteiger partial charge in [0, 0.05) is 11.1 Å². The van der Waals surface area contributed by atoms with Crippen LogP contribution in [0.5, 0.6) is 0 Å². The molecule has 132 valence electrons. The van der Waals surface area contributed by atoms with Gasteiger partial charge in [-0.2, -0.15) is 0 Å². The van der Waals surface area contributed by atoms with Gasteiger partial charge in [0.15, 0.2) is 0 Å². The molecule has 1 heterocycles. The van der Waals surface area contributed by atoms with Gasteiger partial charge < -0.3 is 5.11 Å². The van der Waals surface area contributed by atoms with Gasteiger partial charge >= 0.3 is 5.97 Å². The standard InChI is InChI=1S/C11H18O2.C8H9NO2/c1-7(2)6-8-10(3,4)11(8,5)9(12)13;10-7-5-3-1-2-4-6(5)8(11)9-7/h6,8H,1-5H3,(H,12,13);1-4H2,(H,9,10,11). The molecule has 5 heteroatoms. The molecule has 3 rings (SSSR count). The highest BCUT2D eigenvalue weighted by molar-refractivity contribution is 6.19.